The molecule has 0 spiro atoms. The molecule has 0 aromatic heterocycles. The summed E-state index contributed by atoms with van der Waals surface area (Å²) in [4.78, 5) is 27.6. The number of amides is 1. The number of nitrogens with zero attached hydrogens (tertiary/aromatic N) is 2. The smallest absolute Gasteiger partial charge is 0.232 e. The lowest BCUT2D eigenvalue weighted by Gasteiger charge is -2.38. The summed E-state index contributed by atoms with van der Waals surface area (Å²) < 4.78 is 0.937. The summed E-state index contributed by atoms with van der Waals surface area (Å²) in [5.74, 6) is -0.0852. The molecule has 0 N–H and O–H groups in total. The van der Waals surface area contributed by atoms with Gasteiger partial charge in [0.1, 0.15) is 0 Å². The first kappa shape index (κ1) is 17.7. The molecule has 1 atom stereocenters. The lowest BCUT2D eigenvalue weighted by Crippen LogP contribution is -2.40. The van der Waals surface area contributed by atoms with Crippen molar-refractivity contribution in [1.82, 2.24) is 0 Å². The molecule has 0 radical (unpaired) electrons. The van der Waals surface area contributed by atoms with Crippen LogP contribution < -0.4 is 4.90 Å². The first-order chi connectivity index (χ1) is 13.1. The van der Waals surface area contributed by atoms with Gasteiger partial charge in [-0.1, -0.05) is 28.1 Å². The Labute approximate surface area is 166 Å². The van der Waals surface area contributed by atoms with Crippen LogP contribution in [0.1, 0.15) is 42.7 Å². The van der Waals surface area contributed by atoms with E-state index < -0.39 is 0 Å². The molecule has 0 saturated heterocycles. The van der Waals surface area contributed by atoms with Crippen molar-refractivity contribution in [2.24, 2.45) is 0 Å². The van der Waals surface area contributed by atoms with Gasteiger partial charge >= 0.3 is 0 Å². The lowest BCUT2D eigenvalue weighted by molar-refractivity contribution is -0.119. The Balaban J connectivity index is 1.84. The molecular weight excluding hydrogens is 404 g/mol. The van der Waals surface area contributed by atoms with Crippen molar-refractivity contribution in [2.45, 2.75) is 31.6 Å². The number of benzene rings is 2. The topological polar surface area (TPSA) is 61.2 Å². The van der Waals surface area contributed by atoms with Gasteiger partial charge in [-0.3, -0.25) is 14.5 Å². The highest BCUT2D eigenvalue weighted by Gasteiger charge is 2.39. The number of halogens is 1. The average Bonchev–Trinajstić information content (AvgIpc) is 2.68. The van der Waals surface area contributed by atoms with E-state index in [1.165, 1.54) is 0 Å². The number of hydrogen-bond acceptors (Lipinski definition) is 3. The van der Waals surface area contributed by atoms with Gasteiger partial charge in [-0.25, -0.2) is 0 Å². The molecular formula is C22H17BrN2O2. The average molecular weight is 421 g/mol. The molecule has 2 aliphatic rings. The number of allylic oxidation sites excluding steroid dienone is 2. The first-order valence-corrected chi connectivity index (χ1v) is 9.72. The third-order valence-corrected chi connectivity index (χ3v) is 5.67. The normalized spacial score (nSPS) is 19.7. The summed E-state index contributed by atoms with van der Waals surface area (Å²) >= 11 is 3.49. The summed E-state index contributed by atoms with van der Waals surface area (Å²) in [7, 11) is 0. The zero-order valence-corrected chi connectivity index (χ0v) is 16.2. The highest BCUT2D eigenvalue weighted by atomic mass is 79.9. The van der Waals surface area contributed by atoms with Crippen molar-refractivity contribution in [2.75, 3.05) is 4.90 Å². The number of anilines is 1. The number of Topliss-reactive ketones (excluding diaryl/α,β-unsaturated/α-hetero) is 1. The Morgan fingerprint density at radius 2 is 1.85 bits per heavy atom. The van der Waals surface area contributed by atoms with Crippen molar-refractivity contribution in [1.29, 1.82) is 5.26 Å². The fourth-order valence-electron chi connectivity index (χ4n) is 3.99. The predicted octanol–water partition coefficient (Wildman–Crippen LogP) is 4.85. The van der Waals surface area contributed by atoms with Crippen molar-refractivity contribution in [3.63, 3.8) is 0 Å². The van der Waals surface area contributed by atoms with E-state index in [4.69, 9.17) is 5.26 Å². The minimum atomic E-state index is -0.201. The van der Waals surface area contributed by atoms with E-state index in [9.17, 15) is 9.59 Å². The summed E-state index contributed by atoms with van der Waals surface area (Å²) in [6.07, 6.45) is 2.25. The number of rotatable bonds is 2. The van der Waals surface area contributed by atoms with Gasteiger partial charge in [0, 0.05) is 40.2 Å². The first-order valence-electron chi connectivity index (χ1n) is 8.93. The van der Waals surface area contributed by atoms with E-state index in [1.807, 2.05) is 24.3 Å². The van der Waals surface area contributed by atoms with Crippen LogP contribution in [-0.4, -0.2) is 11.7 Å². The number of ketones is 1. The van der Waals surface area contributed by atoms with Crippen LogP contribution in [0.2, 0.25) is 0 Å². The van der Waals surface area contributed by atoms with E-state index in [-0.39, 0.29) is 24.0 Å². The van der Waals surface area contributed by atoms with Gasteiger partial charge in [-0.2, -0.15) is 5.26 Å². The molecule has 1 unspecified atom stereocenters. The van der Waals surface area contributed by atoms with Crippen molar-refractivity contribution in [3.8, 4) is 6.07 Å². The fourth-order valence-corrected chi connectivity index (χ4v) is 4.40. The zero-order chi connectivity index (χ0) is 19.0. The molecule has 0 fully saturated rings. The zero-order valence-electron chi connectivity index (χ0n) is 14.6. The third-order valence-electron chi connectivity index (χ3n) is 5.18. The molecule has 2 aromatic rings. The van der Waals surface area contributed by atoms with Crippen molar-refractivity contribution >= 4 is 33.3 Å². The molecule has 27 heavy (non-hydrogen) atoms. The molecule has 134 valence electrons. The number of carbonyl (C=O) groups is 2. The Morgan fingerprint density at radius 1 is 1.07 bits per heavy atom. The van der Waals surface area contributed by atoms with Crippen LogP contribution in [0.15, 0.2) is 64.3 Å². The Bertz CT molecular complexity index is 1000. The standard InChI is InChI=1S/C22H17BrN2O2/c23-16-4-1-3-15(11-16)18-12-21(27)25(17-9-7-14(13-24)8-10-17)19-5-2-6-20(26)22(18)19/h1,3-4,7-11,18H,2,5-6,12H2. The Hall–Kier alpha value is -2.71. The van der Waals surface area contributed by atoms with E-state index >= 15 is 0 Å². The number of carbonyl (C=O) groups excluding carboxylic acids is 2. The van der Waals surface area contributed by atoms with Gasteiger partial charge < -0.3 is 0 Å². The molecule has 5 heteroatoms. The lowest BCUT2D eigenvalue weighted by atomic mass is 9.77. The van der Waals surface area contributed by atoms with E-state index in [0.29, 0.717) is 24.1 Å². The van der Waals surface area contributed by atoms with Crippen LogP contribution >= 0.6 is 15.9 Å². The second kappa shape index (κ2) is 7.13. The van der Waals surface area contributed by atoms with Crippen LogP contribution in [0.4, 0.5) is 5.69 Å². The third kappa shape index (κ3) is 3.22. The SMILES string of the molecule is N#Cc1ccc(N2C(=O)CC(c3cccc(Br)c3)C3=C2CCCC3=O)cc1. The maximum Gasteiger partial charge on any atom is 0.232 e. The molecule has 4 rings (SSSR count). The van der Waals surface area contributed by atoms with Gasteiger partial charge in [0.2, 0.25) is 5.91 Å². The Morgan fingerprint density at radius 3 is 2.56 bits per heavy atom. The molecule has 2 aromatic carbocycles. The second-order valence-corrected chi connectivity index (χ2v) is 7.75. The van der Waals surface area contributed by atoms with Gasteiger partial charge in [-0.15, -0.1) is 0 Å². The van der Waals surface area contributed by atoms with Crippen LogP contribution in [0.3, 0.4) is 0 Å². The summed E-state index contributed by atoms with van der Waals surface area (Å²) in [6, 6.07) is 16.9. The number of nitriles is 1. The van der Waals surface area contributed by atoms with Crippen LogP contribution in [0.5, 0.6) is 0 Å². The van der Waals surface area contributed by atoms with E-state index in [1.54, 1.807) is 29.2 Å². The van der Waals surface area contributed by atoms with Gasteiger partial charge in [0.05, 0.1) is 11.6 Å². The largest absolute Gasteiger partial charge is 0.294 e. The minimum absolute atomic E-state index is 0.0156. The van der Waals surface area contributed by atoms with Gasteiger partial charge in [0.25, 0.3) is 0 Å². The fraction of sp³-hybridized carbons (Fsp3) is 0.227. The maximum atomic E-state index is 13.1. The highest BCUT2D eigenvalue weighted by Crippen LogP contribution is 2.43. The van der Waals surface area contributed by atoms with Gasteiger partial charge in [-0.05, 0) is 54.8 Å². The summed E-state index contributed by atoms with van der Waals surface area (Å²) in [6.45, 7) is 0. The molecule has 1 heterocycles. The summed E-state index contributed by atoms with van der Waals surface area (Å²) in [5.41, 5.74) is 3.83. The van der Waals surface area contributed by atoms with Crippen LogP contribution in [0, 0.1) is 11.3 Å². The van der Waals surface area contributed by atoms with Gasteiger partial charge in [0.15, 0.2) is 5.78 Å². The molecule has 1 aliphatic carbocycles. The monoisotopic (exact) mass is 420 g/mol. The minimum Gasteiger partial charge on any atom is -0.294 e. The maximum absolute atomic E-state index is 13.1. The molecule has 0 bridgehead atoms. The predicted molar refractivity (Wildman–Crippen MR) is 106 cm³/mol. The molecule has 4 nitrogen and oxygen atoms in total. The highest BCUT2D eigenvalue weighted by molar-refractivity contribution is 9.10. The quantitative estimate of drug-likeness (QED) is 0.697. The van der Waals surface area contributed by atoms with E-state index in [2.05, 4.69) is 22.0 Å². The molecule has 1 aliphatic heterocycles. The van der Waals surface area contributed by atoms with E-state index in [0.717, 1.165) is 27.7 Å². The van der Waals surface area contributed by atoms with Crippen molar-refractivity contribution < 1.29 is 9.59 Å². The second-order valence-electron chi connectivity index (χ2n) is 6.84. The molecule has 0 saturated carbocycles. The summed E-state index contributed by atoms with van der Waals surface area (Å²) in [5, 5.41) is 9.01. The molecule has 1 amide bonds. The Kier molecular flexibility index (Phi) is 4.67. The number of hydrogen-bond donors (Lipinski definition) is 0. The van der Waals surface area contributed by atoms with Crippen LogP contribution in [-0.2, 0) is 9.59 Å². The van der Waals surface area contributed by atoms with Crippen molar-refractivity contribution in [3.05, 3.63) is 75.4 Å². The van der Waals surface area contributed by atoms with Crippen LogP contribution in [0.25, 0.3) is 0 Å².